The third-order valence-electron chi connectivity index (χ3n) is 4.63. The predicted molar refractivity (Wildman–Crippen MR) is 83.6 cm³/mol. The van der Waals surface area contributed by atoms with Gasteiger partial charge in [0.1, 0.15) is 0 Å². The van der Waals surface area contributed by atoms with E-state index in [9.17, 15) is 5.26 Å². The molecule has 0 radical (unpaired) electrons. The maximum absolute atomic E-state index is 9.44. The zero-order chi connectivity index (χ0) is 14.5. The van der Waals surface area contributed by atoms with Crippen LogP contribution in [-0.4, -0.2) is 18.0 Å². The summed E-state index contributed by atoms with van der Waals surface area (Å²) in [6.07, 6.45) is 5.80. The van der Waals surface area contributed by atoms with Crippen LogP contribution >= 0.6 is 11.6 Å². The van der Waals surface area contributed by atoms with Crippen molar-refractivity contribution in [2.45, 2.75) is 51.1 Å². The Morgan fingerprint density at radius 3 is 2.65 bits per heavy atom. The van der Waals surface area contributed by atoms with Crippen LogP contribution in [0.25, 0.3) is 0 Å². The third kappa shape index (κ3) is 3.34. The fourth-order valence-corrected chi connectivity index (χ4v) is 3.54. The van der Waals surface area contributed by atoms with Crippen molar-refractivity contribution in [1.82, 2.24) is 4.90 Å². The molecule has 0 amide bonds. The molecule has 1 aliphatic carbocycles. The number of halogens is 1. The first kappa shape index (κ1) is 15.4. The van der Waals surface area contributed by atoms with E-state index in [-0.39, 0.29) is 12.0 Å². The molecule has 20 heavy (non-hydrogen) atoms. The molecule has 0 saturated heterocycles. The minimum atomic E-state index is 0.146. The van der Waals surface area contributed by atoms with Crippen LogP contribution in [0.15, 0.2) is 24.3 Å². The maximum atomic E-state index is 9.44. The highest BCUT2D eigenvalue weighted by Gasteiger charge is 2.30. The predicted octanol–water partition coefficient (Wildman–Crippen LogP) is 4.81. The van der Waals surface area contributed by atoms with Crippen molar-refractivity contribution in [3.63, 3.8) is 0 Å². The summed E-state index contributed by atoms with van der Waals surface area (Å²) >= 11 is 6.31. The third-order valence-corrected chi connectivity index (χ3v) is 4.98. The molecule has 0 aromatic heterocycles. The first-order chi connectivity index (χ1) is 9.65. The Labute approximate surface area is 127 Å². The van der Waals surface area contributed by atoms with Gasteiger partial charge in [-0.1, -0.05) is 49.1 Å². The van der Waals surface area contributed by atoms with Crippen LogP contribution < -0.4 is 0 Å². The van der Waals surface area contributed by atoms with E-state index in [1.165, 1.54) is 19.3 Å². The summed E-state index contributed by atoms with van der Waals surface area (Å²) in [5.41, 5.74) is 1.15. The van der Waals surface area contributed by atoms with Gasteiger partial charge in [0.25, 0.3) is 0 Å². The molecule has 0 aliphatic heterocycles. The van der Waals surface area contributed by atoms with Gasteiger partial charge in [0.2, 0.25) is 0 Å². The van der Waals surface area contributed by atoms with Crippen molar-refractivity contribution in [1.29, 1.82) is 5.26 Å². The van der Waals surface area contributed by atoms with Gasteiger partial charge in [0, 0.05) is 17.1 Å². The minimum absolute atomic E-state index is 0.146. The molecule has 1 aromatic rings. The van der Waals surface area contributed by atoms with E-state index >= 15 is 0 Å². The van der Waals surface area contributed by atoms with E-state index in [2.05, 4.69) is 31.0 Å². The monoisotopic (exact) mass is 290 g/mol. The molecule has 0 spiro atoms. The molecule has 2 rings (SSSR count). The summed E-state index contributed by atoms with van der Waals surface area (Å²) < 4.78 is 0. The Morgan fingerprint density at radius 1 is 1.25 bits per heavy atom. The van der Waals surface area contributed by atoms with Crippen LogP contribution in [0.1, 0.15) is 50.6 Å². The number of hydrogen-bond donors (Lipinski definition) is 0. The van der Waals surface area contributed by atoms with Crippen LogP contribution in [0.3, 0.4) is 0 Å². The van der Waals surface area contributed by atoms with Gasteiger partial charge in [-0.15, -0.1) is 0 Å². The average Bonchev–Trinajstić information content (AvgIpc) is 2.71. The van der Waals surface area contributed by atoms with Gasteiger partial charge < -0.3 is 0 Å². The second-order valence-electron chi connectivity index (χ2n) is 5.80. The van der Waals surface area contributed by atoms with Crippen molar-refractivity contribution in [2.24, 2.45) is 5.92 Å². The Bertz CT molecular complexity index is 480. The SMILES string of the molecule is CC(c1ccccc1Cl)N(C)C1CCCCCC1C#N. The molecule has 1 aliphatic rings. The van der Waals surface area contributed by atoms with Gasteiger partial charge in [0.15, 0.2) is 0 Å². The second-order valence-corrected chi connectivity index (χ2v) is 6.21. The molecule has 0 bridgehead atoms. The molecular weight excluding hydrogens is 268 g/mol. The van der Waals surface area contributed by atoms with Crippen molar-refractivity contribution < 1.29 is 0 Å². The molecule has 1 fully saturated rings. The Morgan fingerprint density at radius 2 is 1.95 bits per heavy atom. The lowest BCUT2D eigenvalue weighted by atomic mass is 9.93. The van der Waals surface area contributed by atoms with Gasteiger partial charge >= 0.3 is 0 Å². The summed E-state index contributed by atoms with van der Waals surface area (Å²) in [6.45, 7) is 2.18. The lowest BCUT2D eigenvalue weighted by Gasteiger charge is -2.35. The molecule has 0 N–H and O–H groups in total. The lowest BCUT2D eigenvalue weighted by Crippen LogP contribution is -2.38. The zero-order valence-electron chi connectivity index (χ0n) is 12.3. The summed E-state index contributed by atoms with van der Waals surface area (Å²) in [6, 6.07) is 11.1. The van der Waals surface area contributed by atoms with Gasteiger partial charge in [0.05, 0.1) is 12.0 Å². The Kier molecular flexibility index (Phi) is 5.46. The first-order valence-electron chi connectivity index (χ1n) is 7.51. The topological polar surface area (TPSA) is 27.0 Å². The van der Waals surface area contributed by atoms with Gasteiger partial charge in [-0.05, 0) is 38.4 Å². The number of rotatable bonds is 3. The molecule has 3 atom stereocenters. The van der Waals surface area contributed by atoms with Gasteiger partial charge in [-0.25, -0.2) is 0 Å². The molecule has 2 nitrogen and oxygen atoms in total. The first-order valence-corrected chi connectivity index (χ1v) is 7.89. The second kappa shape index (κ2) is 7.11. The van der Waals surface area contributed by atoms with E-state index in [1.54, 1.807) is 0 Å². The van der Waals surface area contributed by atoms with Crippen LogP contribution in [-0.2, 0) is 0 Å². The largest absolute Gasteiger partial charge is 0.295 e. The molecule has 3 unspecified atom stereocenters. The van der Waals surface area contributed by atoms with Crippen LogP contribution in [0.2, 0.25) is 5.02 Å². The molecule has 1 aromatic carbocycles. The standard InChI is InChI=1S/C17H23ClN2/c1-13(15-9-6-7-10-16(15)18)20(2)17-11-5-3-4-8-14(17)12-19/h6-7,9-10,13-14,17H,3-5,8,11H2,1-2H3. The minimum Gasteiger partial charge on any atom is -0.295 e. The highest BCUT2D eigenvalue weighted by molar-refractivity contribution is 6.31. The lowest BCUT2D eigenvalue weighted by molar-refractivity contribution is 0.144. The zero-order valence-corrected chi connectivity index (χ0v) is 13.1. The van der Waals surface area contributed by atoms with Crippen molar-refractivity contribution in [2.75, 3.05) is 7.05 Å². The van der Waals surface area contributed by atoms with Crippen LogP contribution in [0.5, 0.6) is 0 Å². The van der Waals surface area contributed by atoms with Crippen LogP contribution in [0, 0.1) is 17.2 Å². The van der Waals surface area contributed by atoms with E-state index < -0.39 is 0 Å². The Hall–Kier alpha value is -1.04. The average molecular weight is 291 g/mol. The number of benzene rings is 1. The number of nitriles is 1. The summed E-state index contributed by atoms with van der Waals surface area (Å²) in [5.74, 6) is 0.146. The number of hydrogen-bond acceptors (Lipinski definition) is 2. The van der Waals surface area contributed by atoms with Gasteiger partial charge in [-0.3, -0.25) is 4.90 Å². The summed E-state index contributed by atoms with van der Waals surface area (Å²) in [5, 5.41) is 10.3. The molecular formula is C17H23ClN2. The van der Waals surface area contributed by atoms with Crippen LogP contribution in [0.4, 0.5) is 0 Å². The Balaban J connectivity index is 2.18. The fraction of sp³-hybridized carbons (Fsp3) is 0.588. The molecule has 1 saturated carbocycles. The van der Waals surface area contributed by atoms with E-state index in [0.29, 0.717) is 6.04 Å². The van der Waals surface area contributed by atoms with E-state index in [4.69, 9.17) is 11.6 Å². The van der Waals surface area contributed by atoms with Crippen molar-refractivity contribution in [3.05, 3.63) is 34.9 Å². The quantitative estimate of drug-likeness (QED) is 0.747. The van der Waals surface area contributed by atoms with E-state index in [1.807, 2.05) is 18.2 Å². The van der Waals surface area contributed by atoms with Crippen molar-refractivity contribution in [3.8, 4) is 6.07 Å². The van der Waals surface area contributed by atoms with Crippen molar-refractivity contribution >= 4 is 11.6 Å². The van der Waals surface area contributed by atoms with E-state index in [0.717, 1.165) is 23.4 Å². The van der Waals surface area contributed by atoms with Gasteiger partial charge in [-0.2, -0.15) is 5.26 Å². The highest BCUT2D eigenvalue weighted by Crippen LogP contribution is 2.33. The number of nitrogens with zero attached hydrogens (tertiary/aromatic N) is 2. The molecule has 3 heteroatoms. The molecule has 108 valence electrons. The fourth-order valence-electron chi connectivity index (χ4n) is 3.25. The highest BCUT2D eigenvalue weighted by atomic mass is 35.5. The normalized spacial score (nSPS) is 24.9. The smallest absolute Gasteiger partial charge is 0.0672 e. The summed E-state index contributed by atoms with van der Waals surface area (Å²) in [4.78, 5) is 2.35. The maximum Gasteiger partial charge on any atom is 0.0672 e. The summed E-state index contributed by atoms with van der Waals surface area (Å²) in [7, 11) is 2.13. The molecule has 0 heterocycles.